The van der Waals surface area contributed by atoms with E-state index in [9.17, 15) is 14.7 Å². The van der Waals surface area contributed by atoms with Gasteiger partial charge < -0.3 is 24.2 Å². The molecule has 1 N–H and O–H groups in total. The van der Waals surface area contributed by atoms with E-state index in [-0.39, 0.29) is 47.5 Å². The summed E-state index contributed by atoms with van der Waals surface area (Å²) in [6.07, 6.45) is 0.556. The molecule has 1 aromatic carbocycles. The first-order chi connectivity index (χ1) is 11.5. The molecule has 0 saturated carbocycles. The summed E-state index contributed by atoms with van der Waals surface area (Å²) in [5, 5.41) is 9.76. The highest BCUT2D eigenvalue weighted by atomic mass is 32.2. The first-order valence-electron chi connectivity index (χ1n) is 7.44. The van der Waals surface area contributed by atoms with Crippen LogP contribution >= 0.6 is 11.8 Å². The van der Waals surface area contributed by atoms with Gasteiger partial charge in [0.1, 0.15) is 5.37 Å². The van der Waals surface area contributed by atoms with Gasteiger partial charge in [0.05, 0.1) is 27.8 Å². The number of thioether (sulfide) groups is 1. The highest BCUT2D eigenvalue weighted by Crippen LogP contribution is 2.44. The molecule has 0 aromatic heterocycles. The molecule has 1 atom stereocenters. The first-order valence-corrected chi connectivity index (χ1v) is 8.49. The quantitative estimate of drug-likeness (QED) is 0.781. The molecule has 1 heterocycles. The maximum atomic E-state index is 12.3. The molecule has 1 amide bonds. The van der Waals surface area contributed by atoms with E-state index in [0.717, 1.165) is 5.56 Å². The average molecular weight is 355 g/mol. The average Bonchev–Trinajstić information content (AvgIpc) is 2.60. The first kappa shape index (κ1) is 18.3. The zero-order valence-electron chi connectivity index (χ0n) is 13.9. The largest absolute Gasteiger partial charge is 0.502 e. The Balaban J connectivity index is 2.32. The molecule has 2 rings (SSSR count). The van der Waals surface area contributed by atoms with Crippen LogP contribution in [0.2, 0.25) is 0 Å². The Morgan fingerprint density at radius 2 is 1.92 bits per heavy atom. The highest BCUT2D eigenvalue weighted by molar-refractivity contribution is 7.99. The van der Waals surface area contributed by atoms with E-state index < -0.39 is 0 Å². The molecule has 1 fully saturated rings. The number of carbonyl (C=O) groups excluding carboxylic acids is 2. The zero-order valence-corrected chi connectivity index (χ0v) is 14.7. The van der Waals surface area contributed by atoms with Crippen LogP contribution < -0.4 is 9.47 Å². The second-order valence-corrected chi connectivity index (χ2v) is 6.35. The summed E-state index contributed by atoms with van der Waals surface area (Å²) < 4.78 is 15.0. The molecule has 1 saturated heterocycles. The maximum absolute atomic E-state index is 12.3. The Labute approximate surface area is 144 Å². The van der Waals surface area contributed by atoms with Gasteiger partial charge in [-0.2, -0.15) is 0 Å². The number of phenols is 1. The van der Waals surface area contributed by atoms with Gasteiger partial charge in [-0.05, 0) is 17.7 Å². The molecule has 132 valence electrons. The number of esters is 1. The van der Waals surface area contributed by atoms with Crippen LogP contribution in [0.3, 0.4) is 0 Å². The number of methoxy groups -OCH3 is 3. The summed E-state index contributed by atoms with van der Waals surface area (Å²) >= 11 is 1.59. The van der Waals surface area contributed by atoms with Gasteiger partial charge >= 0.3 is 5.97 Å². The Morgan fingerprint density at radius 3 is 2.46 bits per heavy atom. The van der Waals surface area contributed by atoms with E-state index in [4.69, 9.17) is 9.47 Å². The number of ether oxygens (including phenoxy) is 3. The van der Waals surface area contributed by atoms with E-state index in [1.807, 2.05) is 0 Å². The van der Waals surface area contributed by atoms with Crippen LogP contribution in [-0.4, -0.2) is 55.5 Å². The van der Waals surface area contributed by atoms with Gasteiger partial charge in [0.15, 0.2) is 11.5 Å². The van der Waals surface area contributed by atoms with Crippen molar-refractivity contribution < 1.29 is 28.9 Å². The molecule has 0 radical (unpaired) electrons. The van der Waals surface area contributed by atoms with Crippen LogP contribution in [0, 0.1) is 0 Å². The molecule has 1 aliphatic rings. The minimum Gasteiger partial charge on any atom is -0.502 e. The van der Waals surface area contributed by atoms with Gasteiger partial charge in [-0.15, -0.1) is 11.8 Å². The molecule has 0 spiro atoms. The van der Waals surface area contributed by atoms with Crippen molar-refractivity contribution >= 4 is 23.6 Å². The van der Waals surface area contributed by atoms with Crippen molar-refractivity contribution in [2.24, 2.45) is 0 Å². The second kappa shape index (κ2) is 8.14. The van der Waals surface area contributed by atoms with Crippen LogP contribution in [0.1, 0.15) is 23.8 Å². The van der Waals surface area contributed by atoms with Crippen molar-refractivity contribution in [2.75, 3.05) is 33.6 Å². The Morgan fingerprint density at radius 1 is 1.29 bits per heavy atom. The summed E-state index contributed by atoms with van der Waals surface area (Å²) in [5.41, 5.74) is 0.768. The Kier molecular flexibility index (Phi) is 6.19. The van der Waals surface area contributed by atoms with Crippen molar-refractivity contribution in [2.45, 2.75) is 18.2 Å². The lowest BCUT2D eigenvalue weighted by atomic mass is 10.1. The van der Waals surface area contributed by atoms with Crippen LogP contribution in [0.25, 0.3) is 0 Å². The van der Waals surface area contributed by atoms with Crippen LogP contribution in [0.4, 0.5) is 0 Å². The zero-order chi connectivity index (χ0) is 17.7. The molecule has 1 unspecified atom stereocenters. The number of hydrogen-bond donors (Lipinski definition) is 1. The fraction of sp³-hybridized carbons (Fsp3) is 0.500. The van der Waals surface area contributed by atoms with Crippen LogP contribution in [0.5, 0.6) is 17.2 Å². The van der Waals surface area contributed by atoms with Crippen molar-refractivity contribution in [1.29, 1.82) is 0 Å². The number of amides is 1. The Hall–Kier alpha value is -2.09. The number of aromatic hydroxyl groups is 1. The van der Waals surface area contributed by atoms with E-state index >= 15 is 0 Å². The minimum absolute atomic E-state index is 0.0198. The predicted molar refractivity (Wildman–Crippen MR) is 89.4 cm³/mol. The fourth-order valence-electron chi connectivity index (χ4n) is 2.51. The van der Waals surface area contributed by atoms with Gasteiger partial charge in [-0.3, -0.25) is 9.59 Å². The standard InChI is InChI=1S/C16H21NO6S/c1-21-11-8-10(9-12(22-2)15(11)20)16-17(6-4-14(19)23-3)13(18)5-7-24-16/h8-9,16,20H,4-7H2,1-3H3. The molecule has 24 heavy (non-hydrogen) atoms. The molecular formula is C16H21NO6S. The highest BCUT2D eigenvalue weighted by Gasteiger charge is 2.31. The van der Waals surface area contributed by atoms with E-state index in [1.54, 1.807) is 28.8 Å². The van der Waals surface area contributed by atoms with Gasteiger partial charge in [-0.1, -0.05) is 0 Å². The van der Waals surface area contributed by atoms with E-state index in [0.29, 0.717) is 12.2 Å². The molecule has 0 aliphatic carbocycles. The lowest BCUT2D eigenvalue weighted by molar-refractivity contribution is -0.142. The number of carbonyl (C=O) groups is 2. The van der Waals surface area contributed by atoms with Crippen LogP contribution in [-0.2, 0) is 14.3 Å². The molecule has 8 heteroatoms. The van der Waals surface area contributed by atoms with Gasteiger partial charge in [-0.25, -0.2) is 0 Å². The van der Waals surface area contributed by atoms with Gasteiger partial charge in [0.25, 0.3) is 0 Å². The van der Waals surface area contributed by atoms with Gasteiger partial charge in [0.2, 0.25) is 11.7 Å². The summed E-state index contributed by atoms with van der Waals surface area (Å²) in [5.74, 6) is 0.763. The Bertz CT molecular complexity index is 596. The number of phenolic OH excluding ortho intramolecular Hbond substituents is 1. The lowest BCUT2D eigenvalue weighted by Crippen LogP contribution is -2.38. The third-order valence-electron chi connectivity index (χ3n) is 3.77. The summed E-state index contributed by atoms with van der Waals surface area (Å²) in [4.78, 5) is 25.4. The number of benzene rings is 1. The lowest BCUT2D eigenvalue weighted by Gasteiger charge is -2.35. The van der Waals surface area contributed by atoms with E-state index in [1.165, 1.54) is 21.3 Å². The molecule has 7 nitrogen and oxygen atoms in total. The van der Waals surface area contributed by atoms with E-state index in [2.05, 4.69) is 4.74 Å². The molecule has 1 aromatic rings. The van der Waals surface area contributed by atoms with Crippen LogP contribution in [0.15, 0.2) is 12.1 Å². The number of rotatable bonds is 6. The number of nitrogens with zero attached hydrogens (tertiary/aromatic N) is 1. The third-order valence-corrected chi connectivity index (χ3v) is 5.05. The maximum Gasteiger partial charge on any atom is 0.307 e. The molecular weight excluding hydrogens is 334 g/mol. The van der Waals surface area contributed by atoms with Crippen molar-refractivity contribution in [3.63, 3.8) is 0 Å². The fourth-order valence-corrected chi connectivity index (χ4v) is 3.76. The van der Waals surface area contributed by atoms with Crippen molar-refractivity contribution in [3.05, 3.63) is 17.7 Å². The third kappa shape index (κ3) is 3.87. The molecule has 1 aliphatic heterocycles. The van der Waals surface area contributed by atoms with Crippen molar-refractivity contribution in [1.82, 2.24) is 4.90 Å². The molecule has 0 bridgehead atoms. The van der Waals surface area contributed by atoms with Gasteiger partial charge in [0, 0.05) is 18.7 Å². The minimum atomic E-state index is -0.363. The summed E-state index contributed by atoms with van der Waals surface area (Å²) in [6.45, 7) is 0.273. The summed E-state index contributed by atoms with van der Waals surface area (Å²) in [6, 6.07) is 3.36. The normalized spacial score (nSPS) is 17.5. The predicted octanol–water partition coefficient (Wildman–Crippen LogP) is 1.94. The number of hydrogen-bond acceptors (Lipinski definition) is 7. The topological polar surface area (TPSA) is 85.3 Å². The summed E-state index contributed by atoms with van der Waals surface area (Å²) in [7, 11) is 4.22. The SMILES string of the molecule is COC(=O)CCN1C(=O)CCSC1c1cc(OC)c(O)c(OC)c1. The van der Waals surface area contributed by atoms with Crippen molar-refractivity contribution in [3.8, 4) is 17.2 Å². The second-order valence-electron chi connectivity index (χ2n) is 5.16. The monoisotopic (exact) mass is 355 g/mol. The smallest absolute Gasteiger partial charge is 0.307 e.